The maximum absolute atomic E-state index is 12.5. The van der Waals surface area contributed by atoms with Crippen LogP contribution in [0.2, 0.25) is 4.71 Å². The normalized spacial score (nSPS) is 28.0. The number of aliphatic hydroxyl groups is 3. The first kappa shape index (κ1) is 18.9. The van der Waals surface area contributed by atoms with Gasteiger partial charge in [0.2, 0.25) is 0 Å². The molecular weight excluding hydrogens is 387 g/mol. The van der Waals surface area contributed by atoms with Gasteiger partial charge >= 0.3 is 144 Å². The van der Waals surface area contributed by atoms with Crippen molar-refractivity contribution in [1.29, 1.82) is 0 Å². The van der Waals surface area contributed by atoms with Crippen LogP contribution in [0.3, 0.4) is 0 Å². The number of carboxylic acid groups (broad SMARTS) is 1. The van der Waals surface area contributed by atoms with Gasteiger partial charge in [0.25, 0.3) is 0 Å². The van der Waals surface area contributed by atoms with Gasteiger partial charge < -0.3 is 0 Å². The number of carboxylic acids is 1. The van der Waals surface area contributed by atoms with Gasteiger partial charge in [0.05, 0.1) is 0 Å². The number of ether oxygens (including phenoxy) is 1. The monoisotopic (exact) mass is 406 g/mol. The molecule has 2 rings (SSSR count). The van der Waals surface area contributed by atoms with E-state index < -0.39 is 53.1 Å². The van der Waals surface area contributed by atoms with Crippen molar-refractivity contribution in [3.63, 3.8) is 0 Å². The van der Waals surface area contributed by atoms with Crippen molar-refractivity contribution in [1.82, 2.24) is 9.13 Å². The zero-order valence-corrected chi connectivity index (χ0v) is 15.0. The Morgan fingerprint density at radius 1 is 1.33 bits per heavy atom. The third kappa shape index (κ3) is 3.62. The molecule has 0 spiro atoms. The van der Waals surface area contributed by atoms with Crippen LogP contribution >= 0.6 is 0 Å². The molecule has 0 aliphatic carbocycles. The van der Waals surface area contributed by atoms with Gasteiger partial charge in [0, 0.05) is 0 Å². The topological polar surface area (TPSA) is 151 Å². The summed E-state index contributed by atoms with van der Waals surface area (Å²) < 4.78 is 6.39. The first-order valence-corrected chi connectivity index (χ1v) is 8.60. The molecule has 0 bridgehead atoms. The Hall–Kier alpha value is -1.45. The van der Waals surface area contributed by atoms with Crippen LogP contribution in [0.25, 0.3) is 0 Å². The molecule has 6 atom stereocenters. The fourth-order valence-corrected chi connectivity index (χ4v) is 2.75. The van der Waals surface area contributed by atoms with Gasteiger partial charge in [-0.2, -0.15) is 0 Å². The van der Waals surface area contributed by atoms with E-state index >= 15 is 0 Å². The second-order valence-corrected chi connectivity index (χ2v) is 7.15. The second kappa shape index (κ2) is 7.62. The Morgan fingerprint density at radius 2 is 2.00 bits per heavy atom. The summed E-state index contributed by atoms with van der Waals surface area (Å²) in [7, 11) is 0. The molecule has 2 heterocycles. The van der Waals surface area contributed by atoms with Gasteiger partial charge in [0.1, 0.15) is 0 Å². The molecule has 1 aromatic heterocycles. The van der Waals surface area contributed by atoms with Crippen LogP contribution in [0, 0.1) is 0 Å². The van der Waals surface area contributed by atoms with E-state index in [4.69, 9.17) is 14.9 Å². The molecule has 1 aliphatic heterocycles. The van der Waals surface area contributed by atoms with Crippen molar-refractivity contribution in [2.45, 2.75) is 42.2 Å². The fourth-order valence-electron chi connectivity index (χ4n) is 2.43. The average molecular weight is 406 g/mol. The predicted octanol–water partition coefficient (Wildman–Crippen LogP) is -3.48. The Morgan fingerprint density at radius 3 is 2.54 bits per heavy atom. The standard InChI is InChI=1S/C13H19AsN2O8/c14-6(12(21)22)1-3-15-8(18)2-4-16(13(15)23)11-10(20)9(19)7(5-17)24-11/h2,4,6-7,9-11,17,19-20H,1,3,5,14H2,(H,21,22)/t6?,7-,9-,10-,11-/m1/s1. The van der Waals surface area contributed by atoms with E-state index in [0.717, 1.165) is 38.3 Å². The minimum absolute atomic E-state index is 0.0947. The molecule has 11 heteroatoms. The van der Waals surface area contributed by atoms with E-state index in [1.54, 1.807) is 0 Å². The third-order valence-corrected chi connectivity index (χ3v) is 5.17. The molecule has 0 aromatic carbocycles. The number of hydrogen-bond donors (Lipinski definition) is 4. The Kier molecular flexibility index (Phi) is 6.00. The third-order valence-electron chi connectivity index (χ3n) is 3.87. The van der Waals surface area contributed by atoms with Gasteiger partial charge in [-0.1, -0.05) is 0 Å². The van der Waals surface area contributed by atoms with E-state index in [1.807, 2.05) is 0 Å². The zero-order chi connectivity index (χ0) is 18.0. The summed E-state index contributed by atoms with van der Waals surface area (Å²) in [5.74, 6) is -1.01. The summed E-state index contributed by atoms with van der Waals surface area (Å²) in [5, 5.41) is 37.7. The molecule has 0 saturated carbocycles. The van der Waals surface area contributed by atoms with Gasteiger partial charge in [-0.25, -0.2) is 0 Å². The number of aliphatic carboxylic acids is 1. The van der Waals surface area contributed by atoms with Crippen molar-refractivity contribution in [2.75, 3.05) is 6.61 Å². The van der Waals surface area contributed by atoms with Gasteiger partial charge in [-0.3, -0.25) is 0 Å². The van der Waals surface area contributed by atoms with E-state index in [0.29, 0.717) is 0 Å². The van der Waals surface area contributed by atoms with Crippen LogP contribution in [0.5, 0.6) is 0 Å². The molecule has 0 amide bonds. The molecule has 1 fully saturated rings. The number of rotatable bonds is 6. The van der Waals surface area contributed by atoms with Gasteiger partial charge in [0.15, 0.2) is 0 Å². The molecule has 4 N–H and O–H groups in total. The number of nitrogens with zero attached hydrogens (tertiary/aromatic N) is 2. The van der Waals surface area contributed by atoms with Crippen LogP contribution < -0.4 is 11.2 Å². The maximum atomic E-state index is 12.5. The fraction of sp³-hybridized carbons (Fsp3) is 0.615. The molecule has 0 radical (unpaired) electrons. The second-order valence-electron chi connectivity index (χ2n) is 5.46. The summed E-state index contributed by atoms with van der Waals surface area (Å²) in [6.45, 7) is -0.635. The average Bonchev–Trinajstić information content (AvgIpc) is 2.82. The number of carbonyl (C=O) groups is 1. The SMILES string of the molecule is O=C(O)C([AsH2])CCn1c(=O)ccn([C@@H]2O[C@H](CO)[C@@H](O)[C@H]2O)c1=O. The number of aromatic nitrogens is 2. The summed E-state index contributed by atoms with van der Waals surface area (Å²) in [5.41, 5.74) is -1.39. The van der Waals surface area contributed by atoms with Crippen molar-refractivity contribution < 1.29 is 30.0 Å². The minimum atomic E-state index is -1.45. The molecule has 1 saturated heterocycles. The van der Waals surface area contributed by atoms with E-state index in [2.05, 4.69) is 0 Å². The first-order valence-electron chi connectivity index (χ1n) is 7.20. The molecular formula is C13H19AsN2O8. The Bertz CT molecular complexity index is 717. The molecule has 10 nitrogen and oxygen atoms in total. The van der Waals surface area contributed by atoms with Crippen molar-refractivity contribution >= 4 is 22.8 Å². The Balaban J connectivity index is 2.30. The van der Waals surface area contributed by atoms with Crippen LogP contribution in [0.1, 0.15) is 12.6 Å². The zero-order valence-electron chi connectivity index (χ0n) is 12.6. The van der Waals surface area contributed by atoms with Gasteiger partial charge in [-0.05, 0) is 0 Å². The van der Waals surface area contributed by atoms with Gasteiger partial charge in [-0.15, -0.1) is 0 Å². The van der Waals surface area contributed by atoms with E-state index in [-0.39, 0.29) is 13.0 Å². The summed E-state index contributed by atoms with van der Waals surface area (Å²) in [6, 6.07) is 1.09. The number of hydrogen-bond acceptors (Lipinski definition) is 7. The van der Waals surface area contributed by atoms with Crippen molar-refractivity contribution in [3.8, 4) is 0 Å². The molecule has 2 unspecified atom stereocenters. The summed E-state index contributed by atoms with van der Waals surface area (Å²) in [4.78, 5) is 35.2. The molecule has 24 heavy (non-hydrogen) atoms. The quantitative estimate of drug-likeness (QED) is 0.356. The van der Waals surface area contributed by atoms with Crippen molar-refractivity contribution in [2.24, 2.45) is 0 Å². The summed E-state index contributed by atoms with van der Waals surface area (Å²) >= 11 is 0.973. The predicted molar refractivity (Wildman–Crippen MR) is 82.5 cm³/mol. The van der Waals surface area contributed by atoms with Crippen LogP contribution in [0.15, 0.2) is 21.9 Å². The Labute approximate surface area is 144 Å². The van der Waals surface area contributed by atoms with Crippen LogP contribution in [-0.4, -0.2) is 77.3 Å². The van der Waals surface area contributed by atoms with Crippen LogP contribution in [-0.2, 0) is 16.1 Å². The molecule has 1 aromatic rings. The van der Waals surface area contributed by atoms with Crippen molar-refractivity contribution in [3.05, 3.63) is 33.1 Å². The molecule has 134 valence electrons. The number of aliphatic hydroxyl groups excluding tert-OH is 3. The van der Waals surface area contributed by atoms with E-state index in [1.165, 1.54) is 0 Å². The first-order chi connectivity index (χ1) is 11.3. The van der Waals surface area contributed by atoms with E-state index in [9.17, 15) is 24.6 Å². The summed E-state index contributed by atoms with van der Waals surface area (Å²) in [6.07, 6.45) is -3.89. The van der Waals surface area contributed by atoms with Crippen LogP contribution in [0.4, 0.5) is 0 Å². The molecule has 1 aliphatic rings.